The number of amides is 2. The highest BCUT2D eigenvalue weighted by Gasteiger charge is 2.32. The van der Waals surface area contributed by atoms with Crippen LogP contribution >= 0.6 is 12.4 Å². The number of para-hydroxylation sites is 2. The number of piperazine rings is 1. The number of nitrogens with one attached hydrogen (secondary N) is 2. The number of hydrogen-bond donors (Lipinski definition) is 2. The van der Waals surface area contributed by atoms with Gasteiger partial charge in [0, 0.05) is 25.2 Å². The van der Waals surface area contributed by atoms with E-state index in [1.807, 2.05) is 42.5 Å². The van der Waals surface area contributed by atoms with Crippen LogP contribution < -0.4 is 20.1 Å². The molecule has 0 bridgehead atoms. The zero-order valence-electron chi connectivity index (χ0n) is 17.2. The van der Waals surface area contributed by atoms with Crippen LogP contribution in [-0.2, 0) is 9.59 Å². The van der Waals surface area contributed by atoms with Crippen LogP contribution in [0.3, 0.4) is 0 Å². The molecule has 0 spiro atoms. The number of carbonyl (C=O) groups is 2. The number of ether oxygens (including phenoxy) is 2. The molecule has 8 heteroatoms. The monoisotopic (exact) mass is 433 g/mol. The van der Waals surface area contributed by atoms with Gasteiger partial charge < -0.3 is 25.0 Å². The van der Waals surface area contributed by atoms with Gasteiger partial charge in [-0.3, -0.25) is 9.59 Å². The van der Waals surface area contributed by atoms with Crippen molar-refractivity contribution in [1.82, 2.24) is 15.5 Å². The molecule has 2 amide bonds. The third-order valence-electron chi connectivity index (χ3n) is 4.89. The van der Waals surface area contributed by atoms with Gasteiger partial charge in [0.2, 0.25) is 5.91 Å². The van der Waals surface area contributed by atoms with Gasteiger partial charge in [0.05, 0.1) is 13.2 Å². The molecule has 1 fully saturated rings. The normalized spacial score (nSPS) is 16.7. The third kappa shape index (κ3) is 5.87. The van der Waals surface area contributed by atoms with Gasteiger partial charge in [-0.2, -0.15) is 0 Å². The predicted molar refractivity (Wildman–Crippen MR) is 117 cm³/mol. The summed E-state index contributed by atoms with van der Waals surface area (Å²) in [7, 11) is 1.62. The van der Waals surface area contributed by atoms with Crippen LogP contribution in [0.5, 0.6) is 11.5 Å². The van der Waals surface area contributed by atoms with E-state index in [4.69, 9.17) is 9.47 Å². The molecular weight excluding hydrogens is 406 g/mol. The van der Waals surface area contributed by atoms with Gasteiger partial charge in [0.15, 0.2) is 6.61 Å². The Balaban J connectivity index is 0.00000320. The third-order valence-corrected chi connectivity index (χ3v) is 4.89. The summed E-state index contributed by atoms with van der Waals surface area (Å²) in [5.74, 6) is 0.890. The van der Waals surface area contributed by atoms with E-state index in [1.54, 1.807) is 31.1 Å². The van der Waals surface area contributed by atoms with Crippen molar-refractivity contribution in [1.29, 1.82) is 0 Å². The number of benzene rings is 2. The molecule has 2 N–H and O–H groups in total. The summed E-state index contributed by atoms with van der Waals surface area (Å²) in [5.41, 5.74) is 0.946. The molecule has 162 valence electrons. The second kappa shape index (κ2) is 11.4. The maximum absolute atomic E-state index is 13.1. The summed E-state index contributed by atoms with van der Waals surface area (Å²) >= 11 is 0. The van der Waals surface area contributed by atoms with Gasteiger partial charge in [-0.05, 0) is 25.1 Å². The summed E-state index contributed by atoms with van der Waals surface area (Å²) < 4.78 is 10.9. The number of carbonyl (C=O) groups excluding carboxylic acids is 2. The lowest BCUT2D eigenvalue weighted by Gasteiger charge is -2.38. The van der Waals surface area contributed by atoms with Crippen molar-refractivity contribution in [3.8, 4) is 11.5 Å². The predicted octanol–water partition coefficient (Wildman–Crippen LogP) is 2.17. The zero-order valence-corrected chi connectivity index (χ0v) is 18.0. The Morgan fingerprint density at radius 1 is 1.17 bits per heavy atom. The molecular formula is C22H28ClN3O4. The number of hydrogen-bond acceptors (Lipinski definition) is 5. The van der Waals surface area contributed by atoms with Gasteiger partial charge in [-0.1, -0.05) is 36.4 Å². The summed E-state index contributed by atoms with van der Waals surface area (Å²) in [6.45, 7) is 3.45. The molecule has 0 saturated carbocycles. The molecule has 1 saturated heterocycles. The lowest BCUT2D eigenvalue weighted by Crippen LogP contribution is -2.54. The van der Waals surface area contributed by atoms with Crippen molar-refractivity contribution >= 4 is 24.2 Å². The van der Waals surface area contributed by atoms with E-state index < -0.39 is 6.04 Å². The number of methoxy groups -OCH3 is 1. The molecule has 0 radical (unpaired) electrons. The molecule has 30 heavy (non-hydrogen) atoms. The van der Waals surface area contributed by atoms with Crippen LogP contribution in [0.2, 0.25) is 0 Å². The second-order valence-electron chi connectivity index (χ2n) is 6.88. The van der Waals surface area contributed by atoms with Crippen LogP contribution in [0.4, 0.5) is 0 Å². The average molecular weight is 434 g/mol. The Kier molecular flexibility index (Phi) is 8.95. The molecule has 7 nitrogen and oxygen atoms in total. The highest BCUT2D eigenvalue weighted by atomic mass is 35.5. The molecule has 2 unspecified atom stereocenters. The SMILES string of the molecule is COc1ccccc1C1CNCCN1C(=O)C(C)NC(=O)COc1ccccc1.Cl. The molecule has 1 aliphatic heterocycles. The van der Waals surface area contributed by atoms with Gasteiger partial charge in [-0.25, -0.2) is 0 Å². The second-order valence-corrected chi connectivity index (χ2v) is 6.88. The van der Waals surface area contributed by atoms with Crippen LogP contribution in [0, 0.1) is 0 Å². The van der Waals surface area contributed by atoms with E-state index >= 15 is 0 Å². The molecule has 2 aromatic carbocycles. The molecule has 2 atom stereocenters. The first kappa shape index (κ1) is 23.5. The number of rotatable bonds is 7. The van der Waals surface area contributed by atoms with Gasteiger partial charge in [0.1, 0.15) is 17.5 Å². The van der Waals surface area contributed by atoms with Crippen LogP contribution in [-0.4, -0.2) is 56.1 Å². The van der Waals surface area contributed by atoms with E-state index in [0.29, 0.717) is 25.4 Å². The van der Waals surface area contributed by atoms with Crippen LogP contribution in [0.15, 0.2) is 54.6 Å². The van der Waals surface area contributed by atoms with Gasteiger partial charge in [-0.15, -0.1) is 12.4 Å². The first-order chi connectivity index (χ1) is 14.1. The van der Waals surface area contributed by atoms with E-state index in [0.717, 1.165) is 11.3 Å². The summed E-state index contributed by atoms with van der Waals surface area (Å²) in [6.07, 6.45) is 0. The van der Waals surface area contributed by atoms with E-state index in [1.165, 1.54) is 0 Å². The minimum absolute atomic E-state index is 0. The molecule has 3 rings (SSSR count). The Hall–Kier alpha value is -2.77. The largest absolute Gasteiger partial charge is 0.496 e. The Bertz CT molecular complexity index is 834. The molecule has 0 aliphatic carbocycles. The molecule has 0 aromatic heterocycles. The fraction of sp³-hybridized carbons (Fsp3) is 0.364. The topological polar surface area (TPSA) is 79.9 Å². The van der Waals surface area contributed by atoms with Crippen molar-refractivity contribution in [2.45, 2.75) is 19.0 Å². The quantitative estimate of drug-likeness (QED) is 0.699. The summed E-state index contributed by atoms with van der Waals surface area (Å²) in [6, 6.07) is 16.0. The van der Waals surface area contributed by atoms with E-state index in [2.05, 4.69) is 10.6 Å². The maximum atomic E-state index is 13.1. The Morgan fingerprint density at radius 2 is 1.87 bits per heavy atom. The lowest BCUT2D eigenvalue weighted by atomic mass is 10.0. The van der Waals surface area contributed by atoms with Crippen molar-refractivity contribution in [3.63, 3.8) is 0 Å². The highest BCUT2D eigenvalue weighted by molar-refractivity contribution is 5.88. The van der Waals surface area contributed by atoms with Crippen molar-refractivity contribution in [3.05, 3.63) is 60.2 Å². The summed E-state index contributed by atoms with van der Waals surface area (Å²) in [5, 5.41) is 6.07. The number of halogens is 1. The summed E-state index contributed by atoms with van der Waals surface area (Å²) in [4.78, 5) is 27.1. The highest BCUT2D eigenvalue weighted by Crippen LogP contribution is 2.30. The zero-order chi connectivity index (χ0) is 20.6. The smallest absolute Gasteiger partial charge is 0.258 e. The lowest BCUT2D eigenvalue weighted by molar-refractivity contribution is -0.139. The van der Waals surface area contributed by atoms with E-state index in [-0.39, 0.29) is 36.9 Å². The standard InChI is InChI=1S/C22H27N3O4.ClH/c1-16(24-21(26)15-29-17-8-4-3-5-9-17)22(27)25-13-12-23-14-19(25)18-10-6-7-11-20(18)28-2;/h3-11,16,19,23H,12-15H2,1-2H3,(H,24,26);1H. The first-order valence-electron chi connectivity index (χ1n) is 9.71. The van der Waals surface area contributed by atoms with Gasteiger partial charge >= 0.3 is 0 Å². The molecule has 1 aliphatic rings. The van der Waals surface area contributed by atoms with Crippen molar-refractivity contribution in [2.75, 3.05) is 33.4 Å². The minimum Gasteiger partial charge on any atom is -0.496 e. The minimum atomic E-state index is -0.655. The molecule has 2 aromatic rings. The van der Waals surface area contributed by atoms with E-state index in [9.17, 15) is 9.59 Å². The van der Waals surface area contributed by atoms with Crippen LogP contribution in [0.1, 0.15) is 18.5 Å². The Labute approximate surface area is 183 Å². The first-order valence-corrected chi connectivity index (χ1v) is 9.71. The van der Waals surface area contributed by atoms with Crippen molar-refractivity contribution in [2.24, 2.45) is 0 Å². The Morgan fingerprint density at radius 3 is 2.60 bits per heavy atom. The number of nitrogens with zero attached hydrogens (tertiary/aromatic N) is 1. The van der Waals surface area contributed by atoms with Crippen LogP contribution in [0.25, 0.3) is 0 Å². The molecule has 1 heterocycles. The fourth-order valence-electron chi connectivity index (χ4n) is 3.45. The van der Waals surface area contributed by atoms with Crippen molar-refractivity contribution < 1.29 is 19.1 Å². The fourth-order valence-corrected chi connectivity index (χ4v) is 3.45. The maximum Gasteiger partial charge on any atom is 0.258 e. The van der Waals surface area contributed by atoms with Gasteiger partial charge in [0.25, 0.3) is 5.91 Å². The average Bonchev–Trinajstić information content (AvgIpc) is 2.77.